The van der Waals surface area contributed by atoms with E-state index in [0.717, 1.165) is 0 Å². The van der Waals surface area contributed by atoms with E-state index >= 15 is 0 Å². The first kappa shape index (κ1) is 15.0. The van der Waals surface area contributed by atoms with Gasteiger partial charge >= 0.3 is 0 Å². The number of hydrogen-bond acceptors (Lipinski definition) is 6. The molecular formula is C11H12Br2N4O4. The van der Waals surface area contributed by atoms with E-state index < -0.39 is 21.7 Å². The van der Waals surface area contributed by atoms with Gasteiger partial charge in [-0.05, 0) is 6.07 Å². The maximum atomic E-state index is 11.8. The SMILES string of the molecule is Nc1nc2c(ccn2[C@@H]2O[C@H](CO)[C@H](O)C2(Br)Br)c(=O)[nH]1. The van der Waals surface area contributed by atoms with Gasteiger partial charge in [0.25, 0.3) is 5.56 Å². The Kier molecular flexibility index (Phi) is 3.61. The minimum Gasteiger partial charge on any atom is -0.394 e. The Bertz CT molecular complexity index is 743. The Labute approximate surface area is 135 Å². The molecule has 10 heteroatoms. The van der Waals surface area contributed by atoms with Crippen molar-refractivity contribution in [3.63, 3.8) is 0 Å². The topological polar surface area (TPSA) is 126 Å². The Morgan fingerprint density at radius 3 is 2.90 bits per heavy atom. The van der Waals surface area contributed by atoms with Crippen molar-refractivity contribution < 1.29 is 14.9 Å². The highest BCUT2D eigenvalue weighted by molar-refractivity contribution is 9.25. The molecule has 114 valence electrons. The van der Waals surface area contributed by atoms with Crippen LogP contribution in [0.25, 0.3) is 11.0 Å². The second kappa shape index (κ2) is 5.06. The molecule has 0 radical (unpaired) electrons. The number of aromatic amines is 1. The highest BCUT2D eigenvalue weighted by Gasteiger charge is 2.54. The van der Waals surface area contributed by atoms with Crippen molar-refractivity contribution >= 4 is 48.8 Å². The Hall–Kier alpha value is -0.940. The maximum Gasteiger partial charge on any atom is 0.261 e. The second-order valence-electron chi connectivity index (χ2n) is 4.74. The van der Waals surface area contributed by atoms with Crippen molar-refractivity contribution in [3.8, 4) is 0 Å². The summed E-state index contributed by atoms with van der Waals surface area (Å²) >= 11 is 6.73. The van der Waals surface area contributed by atoms with Crippen LogP contribution in [-0.2, 0) is 4.74 Å². The fourth-order valence-electron chi connectivity index (χ4n) is 2.37. The van der Waals surface area contributed by atoms with Gasteiger partial charge in [-0.15, -0.1) is 0 Å². The number of alkyl halides is 2. The molecule has 1 fully saturated rings. The van der Waals surface area contributed by atoms with Gasteiger partial charge in [-0.1, -0.05) is 31.9 Å². The quantitative estimate of drug-likeness (QED) is 0.505. The first-order chi connectivity index (χ1) is 9.86. The molecule has 21 heavy (non-hydrogen) atoms. The van der Waals surface area contributed by atoms with Gasteiger partial charge < -0.3 is 25.3 Å². The van der Waals surface area contributed by atoms with Gasteiger partial charge in [-0.3, -0.25) is 9.78 Å². The number of nitrogens with one attached hydrogen (secondary N) is 1. The van der Waals surface area contributed by atoms with Crippen molar-refractivity contribution in [2.24, 2.45) is 0 Å². The lowest BCUT2D eigenvalue weighted by molar-refractivity contribution is -0.0430. The summed E-state index contributed by atoms with van der Waals surface area (Å²) in [7, 11) is 0. The molecule has 0 spiro atoms. The first-order valence-electron chi connectivity index (χ1n) is 6.04. The van der Waals surface area contributed by atoms with E-state index in [1.807, 2.05) is 0 Å². The molecule has 3 heterocycles. The zero-order valence-corrected chi connectivity index (χ0v) is 13.7. The summed E-state index contributed by atoms with van der Waals surface area (Å²) in [4.78, 5) is 18.3. The van der Waals surface area contributed by atoms with Crippen molar-refractivity contribution in [1.29, 1.82) is 0 Å². The number of H-pyrrole nitrogens is 1. The molecule has 0 amide bonds. The number of anilines is 1. The average molecular weight is 424 g/mol. The number of ether oxygens (including phenoxy) is 1. The fraction of sp³-hybridized carbons (Fsp3) is 0.455. The number of nitrogens with two attached hydrogens (primary N) is 1. The van der Waals surface area contributed by atoms with Crippen LogP contribution in [0.4, 0.5) is 5.95 Å². The smallest absolute Gasteiger partial charge is 0.261 e. The molecule has 0 unspecified atom stereocenters. The van der Waals surface area contributed by atoms with Crippen LogP contribution < -0.4 is 11.3 Å². The number of nitrogen functional groups attached to an aromatic ring is 1. The van der Waals surface area contributed by atoms with Gasteiger partial charge in [0.05, 0.1) is 12.0 Å². The average Bonchev–Trinajstić information content (AvgIpc) is 2.91. The molecule has 1 saturated heterocycles. The van der Waals surface area contributed by atoms with Crippen LogP contribution in [0.2, 0.25) is 0 Å². The standard InChI is InChI=1S/C11H12Br2N4O4/c12-11(13)6(19)5(3-18)21-9(11)17-2-1-4-7(17)15-10(14)16-8(4)20/h1-2,5-6,9,18-19H,3H2,(H3,14,15,16,20)/t5-,6+,9-/m1/s1. The molecule has 3 rings (SSSR count). The van der Waals surface area contributed by atoms with Crippen LogP contribution in [0.5, 0.6) is 0 Å². The lowest BCUT2D eigenvalue weighted by Gasteiger charge is -2.25. The Morgan fingerprint density at radius 1 is 1.57 bits per heavy atom. The van der Waals surface area contributed by atoms with E-state index in [9.17, 15) is 15.0 Å². The number of aliphatic hydroxyl groups is 2. The first-order valence-corrected chi connectivity index (χ1v) is 7.63. The number of fused-ring (bicyclic) bond motifs is 1. The normalized spacial score (nSPS) is 28.3. The van der Waals surface area contributed by atoms with Crippen molar-refractivity contribution in [3.05, 3.63) is 22.6 Å². The summed E-state index contributed by atoms with van der Waals surface area (Å²) < 4.78 is 6.19. The molecule has 0 saturated carbocycles. The molecule has 1 aliphatic heterocycles. The van der Waals surface area contributed by atoms with Crippen molar-refractivity contribution in [2.45, 2.75) is 21.7 Å². The van der Waals surface area contributed by atoms with E-state index in [-0.39, 0.29) is 18.1 Å². The molecule has 0 bridgehead atoms. The lowest BCUT2D eigenvalue weighted by atomic mass is 10.2. The molecule has 2 aromatic heterocycles. The van der Waals surface area contributed by atoms with Gasteiger partial charge in [0.2, 0.25) is 5.95 Å². The molecule has 2 aromatic rings. The minimum atomic E-state index is -1.03. The lowest BCUT2D eigenvalue weighted by Crippen LogP contribution is -2.36. The minimum absolute atomic E-state index is 0.0144. The van der Waals surface area contributed by atoms with Crippen molar-refractivity contribution in [1.82, 2.24) is 14.5 Å². The van der Waals surface area contributed by atoms with E-state index in [1.165, 1.54) is 0 Å². The van der Waals surface area contributed by atoms with Crippen LogP contribution >= 0.6 is 31.9 Å². The predicted octanol–water partition coefficient (Wildman–Crippen LogP) is 0.0435. The van der Waals surface area contributed by atoms with E-state index in [0.29, 0.717) is 11.0 Å². The largest absolute Gasteiger partial charge is 0.394 e. The third kappa shape index (κ3) is 2.21. The summed E-state index contributed by atoms with van der Waals surface area (Å²) in [5.74, 6) is -0.0144. The fourth-order valence-corrected chi connectivity index (χ4v) is 3.61. The number of aliphatic hydroxyl groups excluding tert-OH is 2. The second-order valence-corrected chi connectivity index (χ2v) is 8.43. The molecule has 0 aliphatic carbocycles. The van der Waals surface area contributed by atoms with Crippen LogP contribution in [0.1, 0.15) is 6.23 Å². The molecule has 3 atom stereocenters. The molecular weight excluding hydrogens is 412 g/mol. The number of halogens is 2. The molecule has 1 aliphatic rings. The van der Waals surface area contributed by atoms with Gasteiger partial charge in [-0.2, -0.15) is 4.98 Å². The van der Waals surface area contributed by atoms with Gasteiger partial charge in [0, 0.05) is 6.20 Å². The van der Waals surface area contributed by atoms with Crippen LogP contribution in [0.3, 0.4) is 0 Å². The number of rotatable bonds is 2. The van der Waals surface area contributed by atoms with E-state index in [4.69, 9.17) is 10.5 Å². The number of hydrogen-bond donors (Lipinski definition) is 4. The highest BCUT2D eigenvalue weighted by atomic mass is 79.9. The van der Waals surface area contributed by atoms with Gasteiger partial charge in [0.1, 0.15) is 12.2 Å². The maximum absolute atomic E-state index is 11.8. The monoisotopic (exact) mass is 422 g/mol. The zero-order valence-electron chi connectivity index (χ0n) is 10.5. The highest BCUT2D eigenvalue weighted by Crippen LogP contribution is 2.49. The van der Waals surface area contributed by atoms with Crippen LogP contribution in [0.15, 0.2) is 17.1 Å². The summed E-state index contributed by atoms with van der Waals surface area (Å²) in [6, 6.07) is 1.58. The predicted molar refractivity (Wildman–Crippen MR) is 82.4 cm³/mol. The third-order valence-electron chi connectivity index (χ3n) is 3.41. The summed E-state index contributed by atoms with van der Waals surface area (Å²) in [6.45, 7) is -0.341. The number of nitrogens with zero attached hydrogens (tertiary/aromatic N) is 2. The van der Waals surface area contributed by atoms with E-state index in [2.05, 4.69) is 41.8 Å². The summed E-state index contributed by atoms with van der Waals surface area (Å²) in [5, 5.41) is 19.8. The van der Waals surface area contributed by atoms with Crippen molar-refractivity contribution in [2.75, 3.05) is 12.3 Å². The molecule has 0 aromatic carbocycles. The summed E-state index contributed by atoms with van der Waals surface area (Å²) in [6.07, 6.45) is -0.883. The van der Waals surface area contributed by atoms with E-state index in [1.54, 1.807) is 16.8 Å². The molecule has 5 N–H and O–H groups in total. The Balaban J connectivity index is 2.15. The van der Waals surface area contributed by atoms with Crippen LogP contribution in [0, 0.1) is 0 Å². The van der Waals surface area contributed by atoms with Gasteiger partial charge in [-0.25, -0.2) is 0 Å². The van der Waals surface area contributed by atoms with Gasteiger partial charge in [0.15, 0.2) is 15.1 Å². The Morgan fingerprint density at radius 2 is 2.29 bits per heavy atom. The molecule has 8 nitrogen and oxygen atoms in total. The third-order valence-corrected chi connectivity index (χ3v) is 5.13. The zero-order chi connectivity index (χ0) is 15.4. The number of aromatic nitrogens is 3. The summed E-state index contributed by atoms with van der Waals surface area (Å²) in [5.41, 5.74) is 5.54. The van der Waals surface area contributed by atoms with Crippen LogP contribution in [-0.4, -0.2) is 46.8 Å².